The summed E-state index contributed by atoms with van der Waals surface area (Å²) in [5, 5.41) is 39.0. The smallest absolute Gasteiger partial charge is 0.320 e. The topological polar surface area (TPSA) is 231 Å². The molecule has 0 amide bonds. The lowest BCUT2D eigenvalue weighted by Gasteiger charge is -2.01. The first-order valence-corrected chi connectivity index (χ1v) is 5.81. The van der Waals surface area contributed by atoms with Gasteiger partial charge in [0.2, 0.25) is 0 Å². The Morgan fingerprint density at radius 3 is 1.29 bits per heavy atom. The van der Waals surface area contributed by atoms with E-state index in [0.717, 1.165) is 0 Å². The van der Waals surface area contributed by atoms with Crippen molar-refractivity contribution in [2.75, 3.05) is 19.8 Å². The van der Waals surface area contributed by atoms with Crippen LogP contribution < -0.4 is 18.0 Å². The lowest BCUT2D eigenvalue weighted by molar-refractivity contribution is -0.139. The zero-order chi connectivity index (χ0) is 16.3. The van der Waals surface area contributed by atoms with Crippen LogP contribution in [0.5, 0.6) is 0 Å². The Hall–Kier alpha value is -1.30. The van der Waals surface area contributed by atoms with Crippen molar-refractivity contribution in [1.82, 2.24) is 12.3 Å². The van der Waals surface area contributed by atoms with Crippen LogP contribution in [0.25, 0.3) is 0 Å². The largest absolute Gasteiger partial charge is 0.481 e. The van der Waals surface area contributed by atoms with Gasteiger partial charge in [0.05, 0.1) is 0 Å². The fraction of sp³-hybridized carbons (Fsp3) is 0.818. The van der Waals surface area contributed by atoms with Crippen LogP contribution >= 0.6 is 0 Å². The van der Waals surface area contributed by atoms with E-state index in [0.29, 0.717) is 0 Å². The zero-order valence-corrected chi connectivity index (χ0v) is 13.2. The number of carboxylic acid groups (broad SMARTS) is 2. The Balaban J connectivity index is -0.0000000432. The fourth-order valence-corrected chi connectivity index (χ4v) is 0.402. The maximum Gasteiger partial charge on any atom is 0.320 e. The molecule has 0 saturated carbocycles. The van der Waals surface area contributed by atoms with Crippen LogP contribution in [0.4, 0.5) is 0 Å². The summed E-state index contributed by atoms with van der Waals surface area (Å²) in [6.45, 7) is 5.79. The van der Waals surface area contributed by atoms with Crippen LogP contribution in [0.3, 0.4) is 0 Å². The summed E-state index contributed by atoms with van der Waals surface area (Å²) in [5.74, 6) is -2.20. The molecule has 13 N–H and O–H groups in total. The van der Waals surface area contributed by atoms with E-state index in [2.05, 4.69) is 0 Å². The minimum absolute atomic E-state index is 0. The molecule has 0 spiro atoms. The molecule has 0 aromatic carbocycles. The standard InChI is InChI=1S/C5H9NO4.3C2H6O.2H3N/c6-3(5(9)10)1-2-4(7)8;3*1-2-3;;/h3H,1-2,6H2,(H,7,8)(H,9,10);3*3H,2H2,1H3;2*1H3. The van der Waals surface area contributed by atoms with Crippen LogP contribution in [0.1, 0.15) is 33.6 Å². The Morgan fingerprint density at radius 1 is 0.905 bits per heavy atom. The van der Waals surface area contributed by atoms with Crippen molar-refractivity contribution in [3.63, 3.8) is 0 Å². The highest BCUT2D eigenvalue weighted by Gasteiger charge is 2.12. The summed E-state index contributed by atoms with van der Waals surface area (Å²) in [7, 11) is 0. The Kier molecular flexibility index (Phi) is 63.5. The highest BCUT2D eigenvalue weighted by Crippen LogP contribution is 1.93. The van der Waals surface area contributed by atoms with E-state index in [1.165, 1.54) is 0 Å². The van der Waals surface area contributed by atoms with Crippen LogP contribution in [0.2, 0.25) is 0 Å². The third-order valence-electron chi connectivity index (χ3n) is 0.986. The van der Waals surface area contributed by atoms with Gasteiger partial charge in [0.15, 0.2) is 0 Å². The molecule has 0 fully saturated rings. The molecular formula is C11H33N3O7. The number of aliphatic carboxylic acids is 2. The van der Waals surface area contributed by atoms with Gasteiger partial charge < -0.3 is 43.6 Å². The maximum atomic E-state index is 9.99. The number of nitrogens with two attached hydrogens (primary N) is 1. The summed E-state index contributed by atoms with van der Waals surface area (Å²) < 4.78 is 0. The maximum absolute atomic E-state index is 9.99. The molecule has 0 heterocycles. The summed E-state index contributed by atoms with van der Waals surface area (Å²) in [6, 6.07) is -1.06. The van der Waals surface area contributed by atoms with Gasteiger partial charge in [0.25, 0.3) is 0 Å². The molecule has 0 aromatic rings. The Morgan fingerprint density at radius 2 is 1.14 bits per heavy atom. The molecule has 134 valence electrons. The van der Waals surface area contributed by atoms with Gasteiger partial charge in [-0.25, -0.2) is 0 Å². The third-order valence-corrected chi connectivity index (χ3v) is 0.986. The van der Waals surface area contributed by atoms with Crippen LogP contribution in [-0.4, -0.2) is 63.3 Å². The molecule has 21 heavy (non-hydrogen) atoms. The number of rotatable bonds is 4. The predicted molar refractivity (Wildman–Crippen MR) is 80.8 cm³/mol. The van der Waals surface area contributed by atoms with Gasteiger partial charge in [0, 0.05) is 26.2 Å². The van der Waals surface area contributed by atoms with Gasteiger partial charge in [-0.3, -0.25) is 9.59 Å². The molecule has 0 aromatic heterocycles. The third kappa shape index (κ3) is 88.0. The fourth-order valence-electron chi connectivity index (χ4n) is 0.402. The lowest BCUT2D eigenvalue weighted by atomic mass is 10.2. The predicted octanol–water partition coefficient (Wildman–Crippen LogP) is -0.417. The second-order valence-electron chi connectivity index (χ2n) is 2.83. The number of hydrogen-bond donors (Lipinski definition) is 8. The normalized spacial score (nSPS) is 8.52. The average molecular weight is 319 g/mol. The zero-order valence-electron chi connectivity index (χ0n) is 13.2. The van der Waals surface area contributed by atoms with E-state index in [4.69, 9.17) is 31.3 Å². The van der Waals surface area contributed by atoms with Gasteiger partial charge in [-0.2, -0.15) is 0 Å². The second kappa shape index (κ2) is 36.3. The number of hydrogen-bond acceptors (Lipinski definition) is 8. The number of aliphatic hydroxyl groups is 3. The van der Waals surface area contributed by atoms with Crippen LogP contribution in [0.15, 0.2) is 0 Å². The highest BCUT2D eigenvalue weighted by atomic mass is 16.4. The van der Waals surface area contributed by atoms with Crippen molar-refractivity contribution in [3.8, 4) is 0 Å². The number of aliphatic hydroxyl groups excluding tert-OH is 3. The molecule has 0 rings (SSSR count). The van der Waals surface area contributed by atoms with E-state index in [1.54, 1.807) is 20.8 Å². The van der Waals surface area contributed by atoms with E-state index in [1.807, 2.05) is 0 Å². The van der Waals surface area contributed by atoms with Crippen molar-refractivity contribution in [2.24, 2.45) is 5.73 Å². The monoisotopic (exact) mass is 319 g/mol. The van der Waals surface area contributed by atoms with Crippen molar-refractivity contribution in [1.29, 1.82) is 0 Å². The average Bonchev–Trinajstić information content (AvgIpc) is 2.28. The number of carbonyl (C=O) groups is 2. The van der Waals surface area contributed by atoms with E-state index in [9.17, 15) is 9.59 Å². The van der Waals surface area contributed by atoms with Gasteiger partial charge in [-0.15, -0.1) is 0 Å². The van der Waals surface area contributed by atoms with E-state index in [-0.39, 0.29) is 45.0 Å². The molecule has 0 aliphatic heterocycles. The number of carboxylic acids is 2. The minimum atomic E-state index is -1.17. The first-order chi connectivity index (χ1) is 8.78. The molecule has 10 heteroatoms. The van der Waals surface area contributed by atoms with Crippen molar-refractivity contribution < 1.29 is 35.1 Å². The Bertz CT molecular complexity index is 190. The molecule has 0 saturated heterocycles. The Labute approximate surface area is 125 Å². The highest BCUT2D eigenvalue weighted by molar-refractivity contribution is 5.74. The summed E-state index contributed by atoms with van der Waals surface area (Å²) in [5.41, 5.74) is 5.00. The van der Waals surface area contributed by atoms with Crippen LogP contribution in [0, 0.1) is 0 Å². The van der Waals surface area contributed by atoms with E-state index < -0.39 is 18.0 Å². The second-order valence-corrected chi connectivity index (χ2v) is 2.83. The molecule has 0 aliphatic carbocycles. The first-order valence-electron chi connectivity index (χ1n) is 5.81. The van der Waals surface area contributed by atoms with Crippen molar-refractivity contribution in [3.05, 3.63) is 0 Å². The summed E-state index contributed by atoms with van der Waals surface area (Å²) >= 11 is 0. The molecule has 1 unspecified atom stereocenters. The lowest BCUT2D eigenvalue weighted by Crippen LogP contribution is -2.30. The van der Waals surface area contributed by atoms with Crippen molar-refractivity contribution in [2.45, 2.75) is 39.7 Å². The van der Waals surface area contributed by atoms with Gasteiger partial charge in [0.1, 0.15) is 6.04 Å². The summed E-state index contributed by atoms with van der Waals surface area (Å²) in [6.07, 6.45) is -0.224. The molecule has 0 radical (unpaired) electrons. The quantitative estimate of drug-likeness (QED) is 0.333. The minimum Gasteiger partial charge on any atom is -0.481 e. The molecule has 10 nitrogen and oxygen atoms in total. The van der Waals surface area contributed by atoms with Crippen molar-refractivity contribution >= 4 is 11.9 Å². The van der Waals surface area contributed by atoms with Gasteiger partial charge in [-0.1, -0.05) is 0 Å². The molecule has 0 bridgehead atoms. The molecule has 0 aliphatic rings. The van der Waals surface area contributed by atoms with Gasteiger partial charge >= 0.3 is 11.9 Å². The summed E-state index contributed by atoms with van der Waals surface area (Å²) in [4.78, 5) is 19.9. The van der Waals surface area contributed by atoms with Gasteiger partial charge in [-0.05, 0) is 27.2 Å². The first kappa shape index (κ1) is 36.7. The SMILES string of the molecule is CCO.CCO.CCO.N.N.NC(CCC(=O)O)C(=O)O. The molecule has 1 atom stereocenters. The molecular weight excluding hydrogens is 286 g/mol. The van der Waals surface area contributed by atoms with Crippen LogP contribution in [-0.2, 0) is 9.59 Å². The van der Waals surface area contributed by atoms with E-state index >= 15 is 0 Å².